The number of amides is 1. The monoisotopic (exact) mass is 282 g/mol. The highest BCUT2D eigenvalue weighted by Crippen LogP contribution is 2.03. The number of carbonyl (C=O) groups excluding carboxylic acids is 1. The van der Waals surface area contributed by atoms with E-state index >= 15 is 0 Å². The molecule has 5 nitrogen and oxygen atoms in total. The molecule has 0 aromatic carbocycles. The largest absolute Gasteiger partial charge is 0.355 e. The van der Waals surface area contributed by atoms with Gasteiger partial charge in [-0.25, -0.2) is 4.98 Å². The van der Waals surface area contributed by atoms with E-state index in [1.165, 1.54) is 0 Å². The van der Waals surface area contributed by atoms with Crippen LogP contribution in [0.1, 0.15) is 11.9 Å². The highest BCUT2D eigenvalue weighted by Gasteiger charge is 2.17. The number of aromatic nitrogens is 1. The molecule has 1 aromatic heterocycles. The summed E-state index contributed by atoms with van der Waals surface area (Å²) in [6.07, 6.45) is 2.63. The van der Waals surface area contributed by atoms with E-state index in [4.69, 9.17) is 0 Å². The molecule has 0 saturated carbocycles. The minimum Gasteiger partial charge on any atom is -0.355 e. The number of piperazine rings is 1. The smallest absolute Gasteiger partial charge is 0.234 e. The molecule has 0 unspecified atom stereocenters. The SMILES string of the molecule is CCN1CCN(CC(=O)NCCc2nccs2)CC1. The molecule has 1 aliphatic heterocycles. The van der Waals surface area contributed by atoms with Gasteiger partial charge < -0.3 is 10.2 Å². The molecule has 0 aliphatic carbocycles. The van der Waals surface area contributed by atoms with Crippen molar-refractivity contribution in [2.24, 2.45) is 0 Å². The average Bonchev–Trinajstić information content (AvgIpc) is 2.93. The van der Waals surface area contributed by atoms with Gasteiger partial charge in [0.1, 0.15) is 0 Å². The van der Waals surface area contributed by atoms with Crippen molar-refractivity contribution in [1.82, 2.24) is 20.1 Å². The molecule has 1 saturated heterocycles. The van der Waals surface area contributed by atoms with Crippen molar-refractivity contribution in [3.63, 3.8) is 0 Å². The molecule has 0 spiro atoms. The van der Waals surface area contributed by atoms with Crippen molar-refractivity contribution in [2.45, 2.75) is 13.3 Å². The summed E-state index contributed by atoms with van der Waals surface area (Å²) in [6.45, 7) is 8.62. The Hall–Kier alpha value is -0.980. The summed E-state index contributed by atoms with van der Waals surface area (Å²) in [5.41, 5.74) is 0. The van der Waals surface area contributed by atoms with Gasteiger partial charge in [-0.3, -0.25) is 9.69 Å². The van der Waals surface area contributed by atoms with Crippen molar-refractivity contribution in [3.8, 4) is 0 Å². The fourth-order valence-corrected chi connectivity index (χ4v) is 2.83. The Balaban J connectivity index is 1.59. The zero-order valence-corrected chi connectivity index (χ0v) is 12.3. The van der Waals surface area contributed by atoms with Crippen LogP contribution < -0.4 is 5.32 Å². The average molecular weight is 282 g/mol. The number of carbonyl (C=O) groups is 1. The second-order valence-corrected chi connectivity index (χ2v) is 5.72. The van der Waals surface area contributed by atoms with Gasteiger partial charge in [0, 0.05) is 50.7 Å². The first-order chi connectivity index (χ1) is 9.28. The number of nitrogens with zero attached hydrogens (tertiary/aromatic N) is 3. The first kappa shape index (κ1) is 14.4. The maximum Gasteiger partial charge on any atom is 0.234 e. The Kier molecular flexibility index (Phi) is 5.75. The van der Waals surface area contributed by atoms with Crippen molar-refractivity contribution >= 4 is 17.2 Å². The van der Waals surface area contributed by atoms with Crippen LogP contribution in [0.25, 0.3) is 0 Å². The number of nitrogens with one attached hydrogen (secondary N) is 1. The summed E-state index contributed by atoms with van der Waals surface area (Å²) < 4.78 is 0. The highest BCUT2D eigenvalue weighted by molar-refractivity contribution is 7.09. The standard InChI is InChI=1S/C13H22N4OS/c1-2-16-6-8-17(9-7-16)11-12(18)14-4-3-13-15-5-10-19-13/h5,10H,2-4,6-9,11H2,1H3,(H,14,18). The van der Waals surface area contributed by atoms with Crippen LogP contribution >= 0.6 is 11.3 Å². The van der Waals surface area contributed by atoms with E-state index in [0.717, 1.165) is 44.2 Å². The van der Waals surface area contributed by atoms with Gasteiger partial charge in [0.25, 0.3) is 0 Å². The van der Waals surface area contributed by atoms with E-state index in [1.54, 1.807) is 17.5 Å². The lowest BCUT2D eigenvalue weighted by Gasteiger charge is -2.33. The maximum absolute atomic E-state index is 11.8. The van der Waals surface area contributed by atoms with Crippen LogP contribution in [0.15, 0.2) is 11.6 Å². The van der Waals surface area contributed by atoms with Crippen LogP contribution in [0.2, 0.25) is 0 Å². The summed E-state index contributed by atoms with van der Waals surface area (Å²) in [5, 5.41) is 6.01. The predicted octanol–water partition coefficient (Wildman–Crippen LogP) is 0.439. The molecule has 1 aromatic rings. The third-order valence-electron chi connectivity index (χ3n) is 3.42. The van der Waals surface area contributed by atoms with Gasteiger partial charge in [0.15, 0.2) is 0 Å². The van der Waals surface area contributed by atoms with Gasteiger partial charge in [-0.2, -0.15) is 0 Å². The van der Waals surface area contributed by atoms with Crippen LogP contribution in [-0.4, -0.2) is 66.5 Å². The third-order valence-corrected chi connectivity index (χ3v) is 4.26. The summed E-state index contributed by atoms with van der Waals surface area (Å²) >= 11 is 1.63. The molecular weight excluding hydrogens is 260 g/mol. The van der Waals surface area contributed by atoms with E-state index in [0.29, 0.717) is 13.1 Å². The molecule has 0 atom stereocenters. The molecule has 1 aliphatic rings. The number of likely N-dealkylation sites (N-methyl/N-ethyl adjacent to an activating group) is 1. The maximum atomic E-state index is 11.8. The van der Waals surface area contributed by atoms with Crippen LogP contribution in [-0.2, 0) is 11.2 Å². The van der Waals surface area contributed by atoms with Crippen molar-refractivity contribution in [2.75, 3.05) is 45.8 Å². The number of rotatable bonds is 6. The Morgan fingerprint density at radius 1 is 1.37 bits per heavy atom. The number of hydrogen-bond donors (Lipinski definition) is 1. The minimum absolute atomic E-state index is 0.126. The molecule has 1 amide bonds. The molecule has 0 bridgehead atoms. The third kappa shape index (κ3) is 4.89. The van der Waals surface area contributed by atoms with Crippen LogP contribution in [0, 0.1) is 0 Å². The summed E-state index contributed by atoms with van der Waals surface area (Å²) in [7, 11) is 0. The predicted molar refractivity (Wildman–Crippen MR) is 77.4 cm³/mol. The first-order valence-electron chi connectivity index (χ1n) is 6.87. The van der Waals surface area contributed by atoms with Crippen LogP contribution in [0.3, 0.4) is 0 Å². The molecule has 2 heterocycles. The van der Waals surface area contributed by atoms with Gasteiger partial charge in [0.05, 0.1) is 11.6 Å². The summed E-state index contributed by atoms with van der Waals surface area (Å²) in [4.78, 5) is 20.6. The minimum atomic E-state index is 0.126. The topological polar surface area (TPSA) is 48.5 Å². The molecule has 1 fully saturated rings. The first-order valence-corrected chi connectivity index (χ1v) is 7.75. The lowest BCUT2D eigenvalue weighted by atomic mass is 10.3. The van der Waals surface area contributed by atoms with Crippen molar-refractivity contribution in [3.05, 3.63) is 16.6 Å². The van der Waals surface area contributed by atoms with E-state index in [-0.39, 0.29) is 5.91 Å². The summed E-state index contributed by atoms with van der Waals surface area (Å²) in [5.74, 6) is 0.126. The zero-order chi connectivity index (χ0) is 13.5. The van der Waals surface area contributed by atoms with E-state index in [9.17, 15) is 4.79 Å². The fraction of sp³-hybridized carbons (Fsp3) is 0.692. The van der Waals surface area contributed by atoms with E-state index in [2.05, 4.69) is 27.0 Å². The highest BCUT2D eigenvalue weighted by atomic mass is 32.1. The van der Waals surface area contributed by atoms with Gasteiger partial charge in [0.2, 0.25) is 5.91 Å². The second kappa shape index (κ2) is 7.57. The van der Waals surface area contributed by atoms with Gasteiger partial charge in [-0.1, -0.05) is 6.92 Å². The molecule has 0 radical (unpaired) electrons. The molecule has 2 rings (SSSR count). The van der Waals surface area contributed by atoms with E-state index < -0.39 is 0 Å². The lowest BCUT2D eigenvalue weighted by Crippen LogP contribution is -2.49. The molecular formula is C13H22N4OS. The van der Waals surface area contributed by atoms with Crippen molar-refractivity contribution < 1.29 is 4.79 Å². The normalized spacial score (nSPS) is 17.5. The number of thiazole rings is 1. The quantitative estimate of drug-likeness (QED) is 0.822. The fourth-order valence-electron chi connectivity index (χ4n) is 2.21. The molecule has 1 N–H and O–H groups in total. The Morgan fingerprint density at radius 2 is 2.11 bits per heavy atom. The van der Waals surface area contributed by atoms with Gasteiger partial charge in [-0.15, -0.1) is 11.3 Å². The summed E-state index contributed by atoms with van der Waals surface area (Å²) in [6, 6.07) is 0. The molecule has 6 heteroatoms. The Morgan fingerprint density at radius 3 is 2.74 bits per heavy atom. The van der Waals surface area contributed by atoms with E-state index in [1.807, 2.05) is 5.38 Å². The Labute approximate surface area is 118 Å². The molecule has 19 heavy (non-hydrogen) atoms. The van der Waals surface area contributed by atoms with Crippen molar-refractivity contribution in [1.29, 1.82) is 0 Å². The lowest BCUT2D eigenvalue weighted by molar-refractivity contribution is -0.122. The number of hydrogen-bond acceptors (Lipinski definition) is 5. The zero-order valence-electron chi connectivity index (χ0n) is 11.5. The van der Waals surface area contributed by atoms with Crippen LogP contribution in [0.5, 0.6) is 0 Å². The van der Waals surface area contributed by atoms with Crippen LogP contribution in [0.4, 0.5) is 0 Å². The Bertz CT molecular complexity index is 374. The van der Waals surface area contributed by atoms with Gasteiger partial charge in [-0.05, 0) is 6.54 Å². The molecule has 106 valence electrons. The van der Waals surface area contributed by atoms with Gasteiger partial charge >= 0.3 is 0 Å². The second-order valence-electron chi connectivity index (χ2n) is 4.74.